The Morgan fingerprint density at radius 2 is 1.95 bits per heavy atom. The fourth-order valence-corrected chi connectivity index (χ4v) is 4.75. The van der Waals surface area contributed by atoms with Crippen molar-refractivity contribution in [3.8, 4) is 0 Å². The van der Waals surface area contributed by atoms with Gasteiger partial charge in [-0.25, -0.2) is 14.8 Å². The molecule has 0 aromatic carbocycles. The Morgan fingerprint density at radius 3 is 2.81 bits per heavy atom. The van der Waals surface area contributed by atoms with Gasteiger partial charge in [-0.15, -0.1) is 0 Å². The Balaban J connectivity index is 1.29. The fraction of sp³-hybridized carbons (Fsp3) is 0.444. The third-order valence-electron chi connectivity index (χ3n) is 6.93. The second-order valence-corrected chi connectivity index (χ2v) is 9.73. The number of pyridine rings is 2. The van der Waals surface area contributed by atoms with Crippen molar-refractivity contribution in [1.29, 1.82) is 0 Å². The molecule has 37 heavy (non-hydrogen) atoms. The van der Waals surface area contributed by atoms with Gasteiger partial charge < -0.3 is 19.9 Å². The number of rotatable bonds is 7. The van der Waals surface area contributed by atoms with Crippen LogP contribution in [0.2, 0.25) is 0 Å². The molecule has 10 heteroatoms. The Bertz CT molecular complexity index is 1280. The molecule has 2 aliphatic heterocycles. The highest BCUT2D eigenvalue weighted by Crippen LogP contribution is 2.30. The van der Waals surface area contributed by atoms with Crippen LogP contribution in [0.25, 0.3) is 0 Å². The van der Waals surface area contributed by atoms with Crippen molar-refractivity contribution in [3.63, 3.8) is 0 Å². The second-order valence-electron chi connectivity index (χ2n) is 9.73. The molecule has 0 bridgehead atoms. The van der Waals surface area contributed by atoms with Crippen molar-refractivity contribution in [3.05, 3.63) is 58.9 Å². The minimum Gasteiger partial charge on any atom is -0.449 e. The molecule has 2 N–H and O–H groups in total. The SMILES string of the molecule is CCCCOC(=O)Nc1cncc(N2CCc3cnc(Nc4cnc5c(c4)CN(C)CC5)nc3C2)c1C. The fourth-order valence-electron chi connectivity index (χ4n) is 4.75. The van der Waals surface area contributed by atoms with Gasteiger partial charge in [0.15, 0.2) is 0 Å². The minimum absolute atomic E-state index is 0.409. The van der Waals surface area contributed by atoms with E-state index in [4.69, 9.17) is 9.72 Å². The van der Waals surface area contributed by atoms with E-state index in [1.54, 1.807) is 6.20 Å². The number of anilines is 4. The summed E-state index contributed by atoms with van der Waals surface area (Å²) >= 11 is 0. The lowest BCUT2D eigenvalue weighted by molar-refractivity contribution is 0.160. The molecule has 0 radical (unpaired) electrons. The van der Waals surface area contributed by atoms with Crippen molar-refractivity contribution in [2.75, 3.05) is 42.3 Å². The standard InChI is InChI=1S/C27H34N8O2/c1-4-5-10-37-27(36)33-23-14-28-15-25(18(23)2)35-9-6-19-12-30-26(32-24(19)17-35)31-21-11-20-16-34(3)8-7-22(20)29-13-21/h11-15H,4-10,16-17H2,1-3H3,(H,33,36)(H,30,31,32). The van der Waals surface area contributed by atoms with Gasteiger partial charge in [0.1, 0.15) is 0 Å². The molecule has 0 unspecified atom stereocenters. The highest BCUT2D eigenvalue weighted by molar-refractivity contribution is 5.86. The first kappa shape index (κ1) is 24.9. The number of carbonyl (C=O) groups is 1. The van der Waals surface area contributed by atoms with Crippen LogP contribution in [0.3, 0.4) is 0 Å². The number of amides is 1. The number of likely N-dealkylation sites (N-methyl/N-ethyl adjacent to an activating group) is 1. The zero-order chi connectivity index (χ0) is 25.8. The van der Waals surface area contributed by atoms with E-state index in [1.807, 2.05) is 25.5 Å². The summed E-state index contributed by atoms with van der Waals surface area (Å²) in [4.78, 5) is 35.1. The first-order chi connectivity index (χ1) is 18.0. The molecule has 0 atom stereocenters. The zero-order valence-corrected chi connectivity index (χ0v) is 21.8. The number of ether oxygens (including phenoxy) is 1. The molecule has 10 nitrogen and oxygen atoms in total. The van der Waals surface area contributed by atoms with Crippen molar-refractivity contribution in [1.82, 2.24) is 24.8 Å². The number of carbonyl (C=O) groups excluding carboxylic acids is 1. The lowest BCUT2D eigenvalue weighted by atomic mass is 10.1. The summed E-state index contributed by atoms with van der Waals surface area (Å²) in [5.41, 5.74) is 8.00. The predicted molar refractivity (Wildman–Crippen MR) is 143 cm³/mol. The summed E-state index contributed by atoms with van der Waals surface area (Å²) < 4.78 is 5.25. The van der Waals surface area contributed by atoms with Gasteiger partial charge in [0.05, 0.1) is 54.5 Å². The van der Waals surface area contributed by atoms with Crippen LogP contribution < -0.4 is 15.5 Å². The molecule has 2 aliphatic rings. The highest BCUT2D eigenvalue weighted by atomic mass is 16.5. The van der Waals surface area contributed by atoms with Gasteiger partial charge in [-0.1, -0.05) is 13.3 Å². The normalized spacial score (nSPS) is 15.1. The molecule has 0 saturated carbocycles. The number of hydrogen-bond acceptors (Lipinski definition) is 9. The topological polar surface area (TPSA) is 108 Å². The lowest BCUT2D eigenvalue weighted by Crippen LogP contribution is -2.32. The first-order valence-corrected chi connectivity index (χ1v) is 12.9. The van der Waals surface area contributed by atoms with Crippen LogP contribution in [0.4, 0.5) is 27.8 Å². The van der Waals surface area contributed by atoms with E-state index < -0.39 is 6.09 Å². The lowest BCUT2D eigenvalue weighted by Gasteiger charge is -2.31. The van der Waals surface area contributed by atoms with Gasteiger partial charge in [-0.3, -0.25) is 15.3 Å². The van der Waals surface area contributed by atoms with Gasteiger partial charge in [-0.2, -0.15) is 0 Å². The van der Waals surface area contributed by atoms with Crippen LogP contribution in [0.1, 0.15) is 47.8 Å². The van der Waals surface area contributed by atoms with Gasteiger partial charge >= 0.3 is 6.09 Å². The third kappa shape index (κ3) is 5.80. The van der Waals surface area contributed by atoms with Crippen molar-refractivity contribution >= 4 is 29.1 Å². The molecule has 5 heterocycles. The molecule has 0 spiro atoms. The van der Waals surface area contributed by atoms with E-state index in [2.05, 4.69) is 55.4 Å². The molecule has 0 saturated heterocycles. The Hall–Kier alpha value is -3.79. The van der Waals surface area contributed by atoms with E-state index in [-0.39, 0.29) is 0 Å². The number of hydrogen-bond donors (Lipinski definition) is 2. The predicted octanol–water partition coefficient (Wildman–Crippen LogP) is 4.22. The van der Waals surface area contributed by atoms with Crippen LogP contribution in [0.15, 0.2) is 30.9 Å². The summed E-state index contributed by atoms with van der Waals surface area (Å²) in [5.74, 6) is 0.562. The largest absolute Gasteiger partial charge is 0.449 e. The number of nitrogens with one attached hydrogen (secondary N) is 2. The second kappa shape index (κ2) is 11.1. The molecule has 5 rings (SSSR count). The van der Waals surface area contributed by atoms with Crippen molar-refractivity contribution in [2.24, 2.45) is 0 Å². The van der Waals surface area contributed by atoms with Crippen molar-refractivity contribution in [2.45, 2.75) is 52.6 Å². The Morgan fingerprint density at radius 1 is 1.05 bits per heavy atom. The van der Waals surface area contributed by atoms with E-state index in [0.717, 1.165) is 73.5 Å². The molecule has 0 aliphatic carbocycles. The minimum atomic E-state index is -0.453. The Kier molecular flexibility index (Phi) is 7.45. The summed E-state index contributed by atoms with van der Waals surface area (Å²) in [6.07, 6.45) is 10.4. The average Bonchev–Trinajstić information content (AvgIpc) is 2.89. The van der Waals surface area contributed by atoms with Crippen LogP contribution in [-0.4, -0.2) is 57.7 Å². The van der Waals surface area contributed by atoms with Crippen LogP contribution in [0, 0.1) is 6.92 Å². The highest BCUT2D eigenvalue weighted by Gasteiger charge is 2.22. The van der Waals surface area contributed by atoms with Crippen LogP contribution in [-0.2, 0) is 30.7 Å². The van der Waals surface area contributed by atoms with Crippen LogP contribution in [0.5, 0.6) is 0 Å². The molecule has 3 aromatic rings. The number of unbranched alkanes of at least 4 members (excludes halogenated alkanes) is 1. The quantitative estimate of drug-likeness (QED) is 0.459. The van der Waals surface area contributed by atoms with Gasteiger partial charge in [0.25, 0.3) is 0 Å². The smallest absolute Gasteiger partial charge is 0.411 e. The van der Waals surface area contributed by atoms with E-state index in [0.29, 0.717) is 24.8 Å². The first-order valence-electron chi connectivity index (χ1n) is 12.9. The maximum Gasteiger partial charge on any atom is 0.411 e. The number of fused-ring (bicyclic) bond motifs is 2. The summed E-state index contributed by atoms with van der Waals surface area (Å²) in [5, 5.41) is 6.17. The summed E-state index contributed by atoms with van der Waals surface area (Å²) in [7, 11) is 2.13. The monoisotopic (exact) mass is 502 g/mol. The maximum atomic E-state index is 12.2. The summed E-state index contributed by atoms with van der Waals surface area (Å²) in [6, 6.07) is 2.15. The van der Waals surface area contributed by atoms with E-state index >= 15 is 0 Å². The van der Waals surface area contributed by atoms with E-state index in [9.17, 15) is 4.79 Å². The van der Waals surface area contributed by atoms with Gasteiger partial charge in [0, 0.05) is 37.9 Å². The number of nitrogens with zero attached hydrogens (tertiary/aromatic N) is 6. The average molecular weight is 503 g/mol. The third-order valence-corrected chi connectivity index (χ3v) is 6.93. The van der Waals surface area contributed by atoms with Gasteiger partial charge in [0.2, 0.25) is 5.95 Å². The molecule has 0 fully saturated rings. The molecular weight excluding hydrogens is 468 g/mol. The molecule has 194 valence electrons. The zero-order valence-electron chi connectivity index (χ0n) is 21.8. The molecule has 3 aromatic heterocycles. The summed E-state index contributed by atoms with van der Waals surface area (Å²) in [6.45, 7) is 7.84. The van der Waals surface area contributed by atoms with Gasteiger partial charge in [-0.05, 0) is 49.6 Å². The van der Waals surface area contributed by atoms with Crippen LogP contribution >= 0.6 is 0 Å². The number of aromatic nitrogens is 4. The van der Waals surface area contributed by atoms with Crippen molar-refractivity contribution < 1.29 is 9.53 Å². The van der Waals surface area contributed by atoms with E-state index in [1.165, 1.54) is 11.3 Å². The Labute approximate surface area is 217 Å². The molecular formula is C27H34N8O2. The maximum absolute atomic E-state index is 12.2. The molecule has 1 amide bonds.